The average molecular weight is 416 g/mol. The maximum atomic E-state index is 5.59. The van der Waals surface area contributed by atoms with E-state index in [1.54, 1.807) is 20.5 Å². The van der Waals surface area contributed by atoms with Crippen molar-refractivity contribution >= 4 is 18.2 Å². The highest BCUT2D eigenvalue weighted by Gasteiger charge is 2.20. The van der Waals surface area contributed by atoms with Gasteiger partial charge in [0.1, 0.15) is 5.75 Å². The second-order valence-electron chi connectivity index (χ2n) is 7.01. The lowest BCUT2D eigenvalue weighted by Gasteiger charge is -2.31. The minimum absolute atomic E-state index is 0. The van der Waals surface area contributed by atoms with Gasteiger partial charge in [-0.15, -0.1) is 22.6 Å². The van der Waals surface area contributed by atoms with E-state index in [1.807, 2.05) is 48.0 Å². The molecule has 3 aromatic rings. The third-order valence-corrected chi connectivity index (χ3v) is 5.22. The minimum atomic E-state index is 0. The van der Waals surface area contributed by atoms with E-state index in [9.17, 15) is 0 Å². The number of imidazole rings is 1. The number of rotatable bonds is 5. The number of ether oxygens (including phenoxy) is 2. The van der Waals surface area contributed by atoms with Crippen molar-refractivity contribution in [3.05, 3.63) is 48.5 Å². The number of aryl methyl sites for hydroxylation is 1. The fraction of sp³-hybridized carbons (Fsp3) is 0.381. The number of nitrogens with zero attached hydrogens (tertiary/aromatic N) is 5. The van der Waals surface area contributed by atoms with Gasteiger partial charge in [-0.1, -0.05) is 6.07 Å². The SMILES string of the molecule is COc1cc(-c2ccc(N3CCC(OC)CC3)nn2)ccc1-n1cnc(C)c1.Cl. The molecule has 0 radical (unpaired) electrons. The Hall–Kier alpha value is -2.64. The highest BCUT2D eigenvalue weighted by Crippen LogP contribution is 2.29. The molecular weight excluding hydrogens is 390 g/mol. The number of halogens is 1. The van der Waals surface area contributed by atoms with Crippen LogP contribution in [0.2, 0.25) is 0 Å². The largest absolute Gasteiger partial charge is 0.495 e. The normalized spacial score (nSPS) is 14.5. The van der Waals surface area contributed by atoms with Crippen LogP contribution >= 0.6 is 12.4 Å². The van der Waals surface area contributed by atoms with E-state index in [0.29, 0.717) is 6.10 Å². The predicted molar refractivity (Wildman–Crippen MR) is 115 cm³/mol. The van der Waals surface area contributed by atoms with E-state index in [2.05, 4.69) is 20.1 Å². The van der Waals surface area contributed by atoms with Crippen molar-refractivity contribution in [3.63, 3.8) is 0 Å². The third-order valence-electron chi connectivity index (χ3n) is 5.22. The molecule has 0 spiro atoms. The second kappa shape index (κ2) is 9.24. The van der Waals surface area contributed by atoms with Crippen molar-refractivity contribution in [3.8, 4) is 22.7 Å². The van der Waals surface area contributed by atoms with Crippen LogP contribution in [0.1, 0.15) is 18.5 Å². The molecule has 8 heteroatoms. The van der Waals surface area contributed by atoms with Crippen LogP contribution in [-0.4, -0.2) is 53.2 Å². The monoisotopic (exact) mass is 415 g/mol. The van der Waals surface area contributed by atoms with Gasteiger partial charge in [-0.05, 0) is 44.0 Å². The minimum Gasteiger partial charge on any atom is -0.495 e. The number of hydrogen-bond acceptors (Lipinski definition) is 6. The zero-order valence-electron chi connectivity index (χ0n) is 16.9. The van der Waals surface area contributed by atoms with E-state index in [1.165, 1.54) is 0 Å². The van der Waals surface area contributed by atoms with Gasteiger partial charge in [-0.3, -0.25) is 0 Å². The van der Waals surface area contributed by atoms with Crippen LogP contribution in [0.25, 0.3) is 16.9 Å². The zero-order valence-corrected chi connectivity index (χ0v) is 17.7. The molecule has 2 aromatic heterocycles. The first-order valence-electron chi connectivity index (χ1n) is 9.49. The quantitative estimate of drug-likeness (QED) is 0.633. The summed E-state index contributed by atoms with van der Waals surface area (Å²) in [4.78, 5) is 6.55. The first-order chi connectivity index (χ1) is 13.7. The lowest BCUT2D eigenvalue weighted by Crippen LogP contribution is -2.37. The van der Waals surface area contributed by atoms with Gasteiger partial charge < -0.3 is 18.9 Å². The number of benzene rings is 1. The molecular formula is C21H26ClN5O2. The highest BCUT2D eigenvalue weighted by atomic mass is 35.5. The highest BCUT2D eigenvalue weighted by molar-refractivity contribution is 5.85. The molecule has 0 atom stereocenters. The zero-order chi connectivity index (χ0) is 19.5. The van der Waals surface area contributed by atoms with Crippen molar-refractivity contribution in [2.45, 2.75) is 25.9 Å². The lowest BCUT2D eigenvalue weighted by molar-refractivity contribution is 0.0817. The van der Waals surface area contributed by atoms with Gasteiger partial charge in [-0.25, -0.2) is 4.98 Å². The smallest absolute Gasteiger partial charge is 0.151 e. The van der Waals surface area contributed by atoms with Crippen molar-refractivity contribution in [1.82, 2.24) is 19.7 Å². The molecule has 0 unspecified atom stereocenters. The molecule has 1 aliphatic heterocycles. The Labute approximate surface area is 177 Å². The molecule has 0 bridgehead atoms. The molecule has 29 heavy (non-hydrogen) atoms. The predicted octanol–water partition coefficient (Wildman–Crippen LogP) is 3.68. The van der Waals surface area contributed by atoms with Crippen molar-refractivity contribution in [1.29, 1.82) is 0 Å². The summed E-state index contributed by atoms with van der Waals surface area (Å²) >= 11 is 0. The van der Waals surface area contributed by atoms with Crippen LogP contribution < -0.4 is 9.64 Å². The fourth-order valence-corrected chi connectivity index (χ4v) is 3.57. The van der Waals surface area contributed by atoms with Crippen LogP contribution in [-0.2, 0) is 4.74 Å². The van der Waals surface area contributed by atoms with Gasteiger partial charge in [0, 0.05) is 32.0 Å². The summed E-state index contributed by atoms with van der Waals surface area (Å²) in [6.07, 6.45) is 6.15. The van der Waals surface area contributed by atoms with E-state index < -0.39 is 0 Å². The Bertz CT molecular complexity index is 936. The maximum absolute atomic E-state index is 5.59. The van der Waals surface area contributed by atoms with Gasteiger partial charge in [0.05, 0.1) is 36.6 Å². The molecule has 1 fully saturated rings. The van der Waals surface area contributed by atoms with Gasteiger partial charge in [-0.2, -0.15) is 0 Å². The van der Waals surface area contributed by atoms with Gasteiger partial charge in [0.25, 0.3) is 0 Å². The number of anilines is 1. The number of hydrogen-bond donors (Lipinski definition) is 0. The van der Waals surface area contributed by atoms with E-state index in [0.717, 1.165) is 60.1 Å². The summed E-state index contributed by atoms with van der Waals surface area (Å²) in [7, 11) is 3.45. The van der Waals surface area contributed by atoms with Crippen molar-refractivity contribution in [2.24, 2.45) is 0 Å². The molecule has 1 aromatic carbocycles. The van der Waals surface area contributed by atoms with Gasteiger partial charge in [0.15, 0.2) is 5.82 Å². The molecule has 0 N–H and O–H groups in total. The van der Waals surface area contributed by atoms with Gasteiger partial charge in [0.2, 0.25) is 0 Å². The first-order valence-corrected chi connectivity index (χ1v) is 9.49. The van der Waals surface area contributed by atoms with Gasteiger partial charge >= 0.3 is 0 Å². The molecule has 3 heterocycles. The summed E-state index contributed by atoms with van der Waals surface area (Å²) in [5.74, 6) is 1.68. The van der Waals surface area contributed by atoms with E-state index >= 15 is 0 Å². The maximum Gasteiger partial charge on any atom is 0.151 e. The Morgan fingerprint density at radius 3 is 2.41 bits per heavy atom. The molecule has 0 aliphatic carbocycles. The van der Waals surface area contributed by atoms with E-state index in [4.69, 9.17) is 9.47 Å². The summed E-state index contributed by atoms with van der Waals surface area (Å²) in [5, 5.41) is 8.90. The van der Waals surface area contributed by atoms with Crippen LogP contribution in [0.5, 0.6) is 5.75 Å². The molecule has 154 valence electrons. The number of piperidine rings is 1. The molecule has 1 aliphatic rings. The van der Waals surface area contributed by atoms with Crippen LogP contribution in [0.3, 0.4) is 0 Å². The summed E-state index contributed by atoms with van der Waals surface area (Å²) in [6, 6.07) is 10.1. The Morgan fingerprint density at radius 1 is 1.03 bits per heavy atom. The molecule has 0 amide bonds. The molecule has 4 rings (SSSR count). The topological polar surface area (TPSA) is 65.3 Å². The molecule has 0 saturated carbocycles. The summed E-state index contributed by atoms with van der Waals surface area (Å²) in [5.41, 5.74) is 3.69. The Morgan fingerprint density at radius 2 is 1.83 bits per heavy atom. The summed E-state index contributed by atoms with van der Waals surface area (Å²) < 4.78 is 13.0. The number of aromatic nitrogens is 4. The fourth-order valence-electron chi connectivity index (χ4n) is 3.57. The second-order valence-corrected chi connectivity index (χ2v) is 7.01. The van der Waals surface area contributed by atoms with Crippen molar-refractivity contribution < 1.29 is 9.47 Å². The summed E-state index contributed by atoms with van der Waals surface area (Å²) in [6.45, 7) is 3.85. The van der Waals surface area contributed by atoms with Crippen LogP contribution in [0.4, 0.5) is 5.82 Å². The molecule has 7 nitrogen and oxygen atoms in total. The van der Waals surface area contributed by atoms with Crippen LogP contribution in [0, 0.1) is 6.92 Å². The van der Waals surface area contributed by atoms with Crippen LogP contribution in [0.15, 0.2) is 42.9 Å². The standard InChI is InChI=1S/C21H25N5O2.ClH/c1-15-13-26(14-22-15)19-6-4-16(12-20(19)28-3)18-5-7-21(24-23-18)25-10-8-17(27-2)9-11-25;/h4-7,12-14,17H,8-11H2,1-3H3;1H. The lowest BCUT2D eigenvalue weighted by atomic mass is 10.1. The number of methoxy groups -OCH3 is 2. The first kappa shape index (κ1) is 21.1. The molecule has 1 saturated heterocycles. The Balaban J connectivity index is 0.00000240. The Kier molecular flexibility index (Phi) is 6.71. The average Bonchev–Trinajstić information content (AvgIpc) is 3.19. The van der Waals surface area contributed by atoms with E-state index in [-0.39, 0.29) is 12.4 Å². The third kappa shape index (κ3) is 4.52. The van der Waals surface area contributed by atoms with Crippen molar-refractivity contribution in [2.75, 3.05) is 32.2 Å².